The Labute approximate surface area is 141 Å². The van der Waals surface area contributed by atoms with Crippen molar-refractivity contribution in [2.75, 3.05) is 18.8 Å². The van der Waals surface area contributed by atoms with Crippen molar-refractivity contribution in [1.82, 2.24) is 5.32 Å². The molecular formula is C14H24IN3OS. The lowest BCUT2D eigenvalue weighted by Gasteiger charge is -2.07. The molecule has 0 fully saturated rings. The summed E-state index contributed by atoms with van der Waals surface area (Å²) < 4.78 is 11.9. The number of halogens is 1. The maximum atomic E-state index is 11.9. The van der Waals surface area contributed by atoms with Crippen LogP contribution in [-0.4, -0.2) is 29.0 Å². The number of hydrogen-bond acceptors (Lipinski definition) is 2. The van der Waals surface area contributed by atoms with Crippen LogP contribution in [0.5, 0.6) is 0 Å². The van der Waals surface area contributed by atoms with Crippen LogP contribution < -0.4 is 11.1 Å². The Morgan fingerprint density at radius 1 is 1.35 bits per heavy atom. The topological polar surface area (TPSA) is 67.5 Å². The fourth-order valence-electron chi connectivity index (χ4n) is 1.46. The molecule has 0 heterocycles. The summed E-state index contributed by atoms with van der Waals surface area (Å²) in [7, 11) is -0.873. The highest BCUT2D eigenvalue weighted by atomic mass is 127. The predicted molar refractivity (Wildman–Crippen MR) is 97.9 cm³/mol. The lowest BCUT2D eigenvalue weighted by molar-refractivity contribution is 0.661. The normalized spacial score (nSPS) is 12.8. The van der Waals surface area contributed by atoms with Crippen LogP contribution in [0.3, 0.4) is 0 Å². The quantitative estimate of drug-likeness (QED) is 0.412. The average molecular weight is 409 g/mol. The van der Waals surface area contributed by atoms with Gasteiger partial charge in [0.25, 0.3) is 0 Å². The number of guanidine groups is 1. The first-order chi connectivity index (χ1) is 9.08. The van der Waals surface area contributed by atoms with E-state index >= 15 is 0 Å². The highest BCUT2D eigenvalue weighted by molar-refractivity contribution is 14.0. The molecule has 0 amide bonds. The molecule has 1 aromatic carbocycles. The van der Waals surface area contributed by atoms with Crippen LogP contribution >= 0.6 is 24.0 Å². The van der Waals surface area contributed by atoms with Crippen molar-refractivity contribution in [2.24, 2.45) is 16.6 Å². The Balaban J connectivity index is 0.00000361. The number of nitrogens with one attached hydrogen (secondary N) is 1. The molecule has 20 heavy (non-hydrogen) atoms. The van der Waals surface area contributed by atoms with E-state index < -0.39 is 10.8 Å². The van der Waals surface area contributed by atoms with Gasteiger partial charge < -0.3 is 11.1 Å². The van der Waals surface area contributed by atoms with Gasteiger partial charge in [-0.05, 0) is 11.5 Å². The van der Waals surface area contributed by atoms with Crippen LogP contribution in [0, 0.1) is 5.92 Å². The molecule has 0 aliphatic rings. The summed E-state index contributed by atoms with van der Waals surface area (Å²) in [5.41, 5.74) is 6.80. The lowest BCUT2D eigenvalue weighted by Crippen LogP contribution is -2.35. The summed E-state index contributed by atoms with van der Waals surface area (Å²) in [4.78, 5) is 4.19. The Hall–Kier alpha value is -0.630. The largest absolute Gasteiger partial charge is 0.370 e. The summed E-state index contributed by atoms with van der Waals surface area (Å²) >= 11 is 0. The molecule has 0 aromatic heterocycles. The Morgan fingerprint density at radius 2 is 2.00 bits per heavy atom. The Kier molecular flexibility index (Phi) is 10.7. The van der Waals surface area contributed by atoms with Gasteiger partial charge in [-0.2, -0.15) is 0 Å². The molecular weight excluding hydrogens is 385 g/mol. The van der Waals surface area contributed by atoms with Gasteiger partial charge in [0, 0.05) is 35.4 Å². The van der Waals surface area contributed by atoms with Gasteiger partial charge in [-0.1, -0.05) is 44.2 Å². The van der Waals surface area contributed by atoms with Gasteiger partial charge >= 0.3 is 0 Å². The van der Waals surface area contributed by atoms with Gasteiger partial charge in [0.2, 0.25) is 0 Å². The summed E-state index contributed by atoms with van der Waals surface area (Å²) in [5.74, 6) is 2.09. The zero-order valence-corrected chi connectivity index (χ0v) is 15.2. The second-order valence-electron chi connectivity index (χ2n) is 4.82. The lowest BCUT2D eigenvalue weighted by atomic mass is 10.2. The van der Waals surface area contributed by atoms with Gasteiger partial charge in [-0.15, -0.1) is 24.0 Å². The molecule has 0 saturated heterocycles. The van der Waals surface area contributed by atoms with E-state index in [0.717, 1.165) is 5.56 Å². The molecule has 1 atom stereocenters. The number of nitrogens with zero attached hydrogens (tertiary/aromatic N) is 1. The highest BCUT2D eigenvalue weighted by Gasteiger charge is 2.01. The first kappa shape index (κ1) is 19.4. The molecule has 0 aliphatic carbocycles. The van der Waals surface area contributed by atoms with E-state index in [2.05, 4.69) is 24.2 Å². The van der Waals surface area contributed by atoms with Crippen molar-refractivity contribution in [1.29, 1.82) is 0 Å². The molecule has 0 spiro atoms. The summed E-state index contributed by atoms with van der Waals surface area (Å²) in [5, 5.41) is 2.99. The third kappa shape index (κ3) is 9.30. The van der Waals surface area contributed by atoms with Crippen LogP contribution in [0.4, 0.5) is 0 Å². The molecule has 0 aliphatic heterocycles. The maximum absolute atomic E-state index is 11.9. The molecule has 1 aromatic rings. The first-order valence-electron chi connectivity index (χ1n) is 6.50. The third-order valence-electron chi connectivity index (χ3n) is 2.43. The van der Waals surface area contributed by atoms with Crippen molar-refractivity contribution in [3.8, 4) is 0 Å². The number of benzene rings is 1. The van der Waals surface area contributed by atoms with E-state index in [-0.39, 0.29) is 24.0 Å². The monoisotopic (exact) mass is 409 g/mol. The van der Waals surface area contributed by atoms with Gasteiger partial charge in [-0.3, -0.25) is 9.20 Å². The molecule has 0 saturated carbocycles. The van der Waals surface area contributed by atoms with Crippen molar-refractivity contribution >= 4 is 40.7 Å². The molecule has 0 bridgehead atoms. The van der Waals surface area contributed by atoms with Crippen LogP contribution in [0.2, 0.25) is 0 Å². The number of aliphatic imine (C=N–C) groups is 1. The minimum Gasteiger partial charge on any atom is -0.370 e. The fraction of sp³-hybridized carbons (Fsp3) is 0.500. The first-order valence-corrected chi connectivity index (χ1v) is 7.99. The minimum absolute atomic E-state index is 0. The van der Waals surface area contributed by atoms with Crippen molar-refractivity contribution in [2.45, 2.75) is 19.6 Å². The van der Waals surface area contributed by atoms with Crippen molar-refractivity contribution in [3.63, 3.8) is 0 Å². The van der Waals surface area contributed by atoms with Gasteiger partial charge in [0.05, 0.1) is 0 Å². The molecule has 1 unspecified atom stereocenters. The smallest absolute Gasteiger partial charge is 0.188 e. The molecule has 4 nitrogen and oxygen atoms in total. The van der Waals surface area contributed by atoms with E-state index in [0.29, 0.717) is 36.5 Å². The average Bonchev–Trinajstić information content (AvgIpc) is 2.37. The summed E-state index contributed by atoms with van der Waals surface area (Å²) in [6.07, 6.45) is 0. The third-order valence-corrected chi connectivity index (χ3v) is 3.75. The van der Waals surface area contributed by atoms with E-state index in [1.54, 1.807) is 0 Å². The molecule has 3 N–H and O–H groups in total. The van der Waals surface area contributed by atoms with Crippen molar-refractivity contribution < 1.29 is 4.21 Å². The summed E-state index contributed by atoms with van der Waals surface area (Å²) in [6, 6.07) is 9.86. The van der Waals surface area contributed by atoms with E-state index in [4.69, 9.17) is 5.73 Å². The zero-order valence-electron chi connectivity index (χ0n) is 12.0. The number of hydrogen-bond donors (Lipinski definition) is 2. The van der Waals surface area contributed by atoms with E-state index in [1.807, 2.05) is 30.3 Å². The van der Waals surface area contributed by atoms with Crippen LogP contribution in [0.1, 0.15) is 19.4 Å². The minimum atomic E-state index is -0.873. The highest BCUT2D eigenvalue weighted by Crippen LogP contribution is 2.02. The standard InChI is InChI=1S/C14H23N3OS.HI/c1-12(2)10-17-14(15)16-8-9-19(18)11-13-6-4-3-5-7-13;/h3-7,12H,8-11H2,1-2H3,(H3,15,16,17);1H. The predicted octanol–water partition coefficient (Wildman–Crippen LogP) is 2.11. The maximum Gasteiger partial charge on any atom is 0.188 e. The van der Waals surface area contributed by atoms with Gasteiger partial charge in [0.15, 0.2) is 5.96 Å². The SMILES string of the molecule is CC(C)CN=C(N)NCCS(=O)Cc1ccccc1.I. The van der Waals surface area contributed by atoms with E-state index in [9.17, 15) is 4.21 Å². The zero-order chi connectivity index (χ0) is 14.1. The number of nitrogens with two attached hydrogens (primary N) is 1. The summed E-state index contributed by atoms with van der Waals surface area (Å²) in [6.45, 7) is 5.48. The van der Waals surface area contributed by atoms with Crippen molar-refractivity contribution in [3.05, 3.63) is 35.9 Å². The molecule has 6 heteroatoms. The van der Waals surface area contributed by atoms with Gasteiger partial charge in [0.1, 0.15) is 0 Å². The van der Waals surface area contributed by atoms with Crippen LogP contribution in [-0.2, 0) is 16.6 Å². The Bertz CT molecular complexity index is 424. The van der Waals surface area contributed by atoms with E-state index in [1.165, 1.54) is 0 Å². The Morgan fingerprint density at radius 3 is 2.60 bits per heavy atom. The van der Waals surface area contributed by atoms with Crippen LogP contribution in [0.25, 0.3) is 0 Å². The molecule has 114 valence electrons. The van der Waals surface area contributed by atoms with Gasteiger partial charge in [-0.25, -0.2) is 0 Å². The fourth-order valence-corrected chi connectivity index (χ4v) is 2.50. The molecule has 0 radical (unpaired) electrons. The molecule has 1 rings (SSSR count). The number of rotatable bonds is 7. The van der Waals surface area contributed by atoms with Crippen LogP contribution in [0.15, 0.2) is 35.3 Å². The second-order valence-corrected chi connectivity index (χ2v) is 6.40. The second kappa shape index (κ2) is 11.1.